The molecule has 0 spiro atoms. The first-order chi connectivity index (χ1) is 13.6. The van der Waals surface area contributed by atoms with Gasteiger partial charge in [0.1, 0.15) is 6.54 Å². The Bertz CT molecular complexity index is 983. The van der Waals surface area contributed by atoms with E-state index in [4.69, 9.17) is 4.42 Å². The lowest BCUT2D eigenvalue weighted by atomic mass is 10.00. The van der Waals surface area contributed by atoms with E-state index in [0.717, 1.165) is 36.2 Å². The zero-order valence-corrected chi connectivity index (χ0v) is 16.1. The molecule has 1 aliphatic heterocycles. The summed E-state index contributed by atoms with van der Waals surface area (Å²) < 4.78 is 6.98. The van der Waals surface area contributed by atoms with Gasteiger partial charge in [0, 0.05) is 18.8 Å². The van der Waals surface area contributed by atoms with E-state index in [0.29, 0.717) is 23.4 Å². The number of furan rings is 1. The van der Waals surface area contributed by atoms with E-state index >= 15 is 0 Å². The Hall–Kier alpha value is -2.74. The van der Waals surface area contributed by atoms with Crippen molar-refractivity contribution < 1.29 is 19.1 Å². The van der Waals surface area contributed by atoms with Gasteiger partial charge in [-0.15, -0.1) is 0 Å². The van der Waals surface area contributed by atoms with E-state index in [1.54, 1.807) is 28.5 Å². The number of carbonyl (C=O) groups excluding carboxylic acids is 1. The zero-order chi connectivity index (χ0) is 19.5. The van der Waals surface area contributed by atoms with E-state index in [1.807, 2.05) is 29.2 Å². The zero-order valence-electron chi connectivity index (χ0n) is 15.3. The van der Waals surface area contributed by atoms with Crippen molar-refractivity contribution in [1.82, 2.24) is 14.5 Å². The molecule has 1 N–H and O–H groups in total. The number of imidazole rings is 1. The number of amides is 1. The van der Waals surface area contributed by atoms with Crippen molar-refractivity contribution in [1.29, 1.82) is 0 Å². The van der Waals surface area contributed by atoms with Crippen molar-refractivity contribution in [3.05, 3.63) is 48.4 Å². The van der Waals surface area contributed by atoms with Crippen LogP contribution in [0.25, 0.3) is 11.0 Å². The van der Waals surface area contributed by atoms with Gasteiger partial charge in [0.05, 0.1) is 17.3 Å². The van der Waals surface area contributed by atoms with Gasteiger partial charge < -0.3 is 19.0 Å². The van der Waals surface area contributed by atoms with Crippen molar-refractivity contribution in [2.75, 3.05) is 18.8 Å². The molecule has 0 radical (unpaired) electrons. The monoisotopic (exact) mass is 399 g/mol. The summed E-state index contributed by atoms with van der Waals surface area (Å²) in [5, 5.41) is 9.97. The summed E-state index contributed by atoms with van der Waals surface area (Å²) in [6.07, 6.45) is 3.49. The largest absolute Gasteiger partial charge is 0.480 e. The lowest BCUT2D eigenvalue weighted by Crippen LogP contribution is -2.40. The number of piperidine rings is 1. The van der Waals surface area contributed by atoms with E-state index in [2.05, 4.69) is 4.98 Å². The Morgan fingerprint density at radius 3 is 2.89 bits per heavy atom. The normalized spacial score (nSPS) is 17.1. The minimum Gasteiger partial charge on any atom is -0.480 e. The molecule has 0 aliphatic carbocycles. The summed E-state index contributed by atoms with van der Waals surface area (Å²) in [5.74, 6) is 0.522. The van der Waals surface area contributed by atoms with Crippen molar-refractivity contribution in [3.8, 4) is 0 Å². The second-order valence-corrected chi connectivity index (χ2v) is 7.90. The summed E-state index contributed by atoms with van der Waals surface area (Å²) >= 11 is 1.56. The number of likely N-dealkylation sites (tertiary alicyclic amines) is 1. The van der Waals surface area contributed by atoms with Gasteiger partial charge in [-0.25, -0.2) is 4.98 Å². The number of benzene rings is 1. The second-order valence-electron chi connectivity index (χ2n) is 6.91. The third-order valence-electron chi connectivity index (χ3n) is 4.90. The molecule has 7 nitrogen and oxygen atoms in total. The fraction of sp³-hybridized carbons (Fsp3) is 0.350. The van der Waals surface area contributed by atoms with Crippen molar-refractivity contribution >= 4 is 34.7 Å². The second kappa shape index (κ2) is 8.10. The molecule has 1 fully saturated rings. The van der Waals surface area contributed by atoms with Gasteiger partial charge in [-0.1, -0.05) is 23.9 Å². The highest BCUT2D eigenvalue weighted by Crippen LogP contribution is 2.29. The Balaban J connectivity index is 1.45. The molecule has 1 unspecified atom stereocenters. The third kappa shape index (κ3) is 3.91. The highest BCUT2D eigenvalue weighted by atomic mass is 32.2. The van der Waals surface area contributed by atoms with Crippen LogP contribution in [-0.2, 0) is 11.3 Å². The van der Waals surface area contributed by atoms with Gasteiger partial charge in [-0.05, 0) is 43.0 Å². The Morgan fingerprint density at radius 1 is 1.25 bits per heavy atom. The number of hydrogen-bond acceptors (Lipinski definition) is 5. The lowest BCUT2D eigenvalue weighted by Gasteiger charge is -2.32. The molecule has 3 aromatic rings. The summed E-state index contributed by atoms with van der Waals surface area (Å²) in [6, 6.07) is 11.0. The number of carbonyl (C=O) groups is 2. The molecular formula is C20H21N3O4S. The molecule has 2 aromatic heterocycles. The van der Waals surface area contributed by atoms with Crippen LogP contribution in [0.5, 0.6) is 0 Å². The molecule has 28 heavy (non-hydrogen) atoms. The summed E-state index contributed by atoms with van der Waals surface area (Å²) in [6.45, 7) is 1.29. The summed E-state index contributed by atoms with van der Waals surface area (Å²) in [7, 11) is 0. The van der Waals surface area contributed by atoms with Crippen LogP contribution in [-0.4, -0.2) is 50.3 Å². The van der Waals surface area contributed by atoms with Crippen LogP contribution in [0, 0.1) is 5.92 Å². The Kier molecular flexibility index (Phi) is 5.38. The van der Waals surface area contributed by atoms with Crippen LogP contribution in [0.1, 0.15) is 23.4 Å². The van der Waals surface area contributed by atoms with E-state index in [-0.39, 0.29) is 12.5 Å². The maximum absolute atomic E-state index is 12.5. The third-order valence-corrected chi connectivity index (χ3v) is 6.11. The number of rotatable bonds is 6. The van der Waals surface area contributed by atoms with Gasteiger partial charge in [0.2, 0.25) is 0 Å². The smallest absolute Gasteiger partial charge is 0.323 e. The van der Waals surface area contributed by atoms with Crippen LogP contribution in [0.3, 0.4) is 0 Å². The molecule has 0 bridgehead atoms. The predicted molar refractivity (Wildman–Crippen MR) is 105 cm³/mol. The van der Waals surface area contributed by atoms with Crippen LogP contribution in [0.2, 0.25) is 0 Å². The Morgan fingerprint density at radius 2 is 2.11 bits per heavy atom. The molecule has 8 heteroatoms. The number of thioether (sulfide) groups is 1. The maximum atomic E-state index is 12.5. The average molecular weight is 399 g/mol. The van der Waals surface area contributed by atoms with E-state index < -0.39 is 5.97 Å². The number of para-hydroxylation sites is 2. The predicted octanol–water partition coefficient (Wildman–Crippen LogP) is 3.36. The molecule has 0 saturated carbocycles. The minimum atomic E-state index is -0.891. The van der Waals surface area contributed by atoms with Crippen LogP contribution in [0.4, 0.5) is 0 Å². The molecule has 1 amide bonds. The van der Waals surface area contributed by atoms with Gasteiger partial charge in [-0.3, -0.25) is 9.59 Å². The molecule has 1 aromatic carbocycles. The molecular weight excluding hydrogens is 378 g/mol. The van der Waals surface area contributed by atoms with Crippen molar-refractivity contribution in [3.63, 3.8) is 0 Å². The van der Waals surface area contributed by atoms with Crippen LogP contribution < -0.4 is 0 Å². The SMILES string of the molecule is O=C(O)Cn1c(SCC2CCCN(C(=O)c3ccco3)C2)nc2ccccc21. The quantitative estimate of drug-likeness (QED) is 0.640. The number of hydrogen-bond donors (Lipinski definition) is 1. The standard InChI is InChI=1S/C20H21N3O4S/c24-18(25)12-23-16-7-2-1-6-15(16)21-20(23)28-13-14-5-3-9-22(11-14)19(26)17-8-4-10-27-17/h1-2,4,6-8,10,14H,3,5,9,11-13H2,(H,24,25). The van der Waals surface area contributed by atoms with Gasteiger partial charge in [-0.2, -0.15) is 0 Å². The number of aromatic nitrogens is 2. The fourth-order valence-electron chi connectivity index (χ4n) is 3.59. The lowest BCUT2D eigenvalue weighted by molar-refractivity contribution is -0.137. The summed E-state index contributed by atoms with van der Waals surface area (Å²) in [4.78, 5) is 30.3. The van der Waals surface area contributed by atoms with Crippen molar-refractivity contribution in [2.45, 2.75) is 24.5 Å². The van der Waals surface area contributed by atoms with Gasteiger partial charge >= 0.3 is 5.97 Å². The molecule has 1 aliphatic rings. The Labute approximate surface area is 166 Å². The van der Waals surface area contributed by atoms with Crippen LogP contribution >= 0.6 is 11.8 Å². The number of aliphatic carboxylic acids is 1. The van der Waals surface area contributed by atoms with Crippen molar-refractivity contribution in [2.24, 2.45) is 5.92 Å². The minimum absolute atomic E-state index is 0.0715. The topological polar surface area (TPSA) is 88.6 Å². The fourth-order valence-corrected chi connectivity index (χ4v) is 4.72. The molecule has 4 rings (SSSR count). The highest BCUT2D eigenvalue weighted by Gasteiger charge is 2.26. The molecule has 1 atom stereocenters. The first-order valence-electron chi connectivity index (χ1n) is 9.24. The first-order valence-corrected chi connectivity index (χ1v) is 10.2. The molecule has 1 saturated heterocycles. The molecule has 3 heterocycles. The number of fused-ring (bicyclic) bond motifs is 1. The van der Waals surface area contributed by atoms with E-state index in [1.165, 1.54) is 6.26 Å². The van der Waals surface area contributed by atoms with Gasteiger partial charge in [0.15, 0.2) is 10.9 Å². The van der Waals surface area contributed by atoms with E-state index in [9.17, 15) is 14.7 Å². The average Bonchev–Trinajstić information content (AvgIpc) is 3.35. The number of carboxylic acid groups (broad SMARTS) is 1. The highest BCUT2D eigenvalue weighted by molar-refractivity contribution is 7.99. The summed E-state index contributed by atoms with van der Waals surface area (Å²) in [5.41, 5.74) is 1.62. The maximum Gasteiger partial charge on any atom is 0.323 e. The van der Waals surface area contributed by atoms with Gasteiger partial charge in [0.25, 0.3) is 5.91 Å². The number of carboxylic acids is 1. The van der Waals surface area contributed by atoms with Crippen LogP contribution in [0.15, 0.2) is 52.2 Å². The molecule has 146 valence electrons. The first kappa shape index (κ1) is 18.6. The number of nitrogens with zero attached hydrogens (tertiary/aromatic N) is 3.